The predicted molar refractivity (Wildman–Crippen MR) is 104 cm³/mol. The van der Waals surface area contributed by atoms with Crippen LogP contribution < -0.4 is 4.74 Å². The molecule has 1 fully saturated rings. The van der Waals surface area contributed by atoms with Gasteiger partial charge in [0.2, 0.25) is 0 Å². The second-order valence-corrected chi connectivity index (χ2v) is 8.53. The highest BCUT2D eigenvalue weighted by Gasteiger charge is 2.43. The van der Waals surface area contributed by atoms with Crippen molar-refractivity contribution in [2.45, 2.75) is 77.7 Å². The molecular formula is C23H36O2. The van der Waals surface area contributed by atoms with Crippen LogP contribution in [0.25, 0.3) is 0 Å². The van der Waals surface area contributed by atoms with Crippen LogP contribution in [0.4, 0.5) is 0 Å². The highest BCUT2D eigenvalue weighted by Crippen LogP contribution is 2.50. The molecule has 0 radical (unpaired) electrons. The highest BCUT2D eigenvalue weighted by atomic mass is 16.5. The van der Waals surface area contributed by atoms with Crippen molar-refractivity contribution in [3.63, 3.8) is 0 Å². The molecule has 2 aliphatic carbocycles. The smallest absolute Gasteiger partial charge is 0.122 e. The Morgan fingerprint density at radius 3 is 2.80 bits per heavy atom. The SMILES string of the molecule is CCCCC[C@H](O)CCC1C(C)CC2Cc3c(cccc3OC)CC21. The Hall–Kier alpha value is -1.02. The molecule has 0 aromatic heterocycles. The van der Waals surface area contributed by atoms with Gasteiger partial charge in [-0.1, -0.05) is 45.2 Å². The lowest BCUT2D eigenvalue weighted by Crippen LogP contribution is -2.26. The molecule has 2 heteroatoms. The lowest BCUT2D eigenvalue weighted by Gasteiger charge is -2.33. The summed E-state index contributed by atoms with van der Waals surface area (Å²) < 4.78 is 5.61. The van der Waals surface area contributed by atoms with Crippen LogP contribution in [0.3, 0.4) is 0 Å². The zero-order valence-corrected chi connectivity index (χ0v) is 16.3. The maximum absolute atomic E-state index is 10.3. The lowest BCUT2D eigenvalue weighted by molar-refractivity contribution is 0.130. The third-order valence-electron chi connectivity index (χ3n) is 6.91. The van der Waals surface area contributed by atoms with Crippen LogP contribution >= 0.6 is 0 Å². The highest BCUT2D eigenvalue weighted by molar-refractivity contribution is 5.42. The molecule has 0 aliphatic heterocycles. The normalized spacial score (nSPS) is 29.1. The van der Waals surface area contributed by atoms with Crippen LogP contribution in [0.15, 0.2) is 18.2 Å². The van der Waals surface area contributed by atoms with Crippen LogP contribution in [0.2, 0.25) is 0 Å². The largest absolute Gasteiger partial charge is 0.496 e. The summed E-state index contributed by atoms with van der Waals surface area (Å²) in [7, 11) is 1.79. The molecule has 3 rings (SSSR count). The van der Waals surface area contributed by atoms with Crippen LogP contribution in [0.5, 0.6) is 5.75 Å². The number of unbranched alkanes of at least 4 members (excludes halogenated alkanes) is 2. The minimum atomic E-state index is -0.0891. The van der Waals surface area contributed by atoms with Crippen LogP contribution in [-0.2, 0) is 12.8 Å². The van der Waals surface area contributed by atoms with E-state index in [9.17, 15) is 5.11 Å². The molecule has 1 aromatic carbocycles. The van der Waals surface area contributed by atoms with E-state index in [2.05, 4.69) is 32.0 Å². The summed E-state index contributed by atoms with van der Waals surface area (Å²) >= 11 is 0. The van der Waals surface area contributed by atoms with E-state index in [0.29, 0.717) is 0 Å². The van der Waals surface area contributed by atoms with E-state index in [4.69, 9.17) is 4.74 Å². The Bertz CT molecular complexity index is 553. The van der Waals surface area contributed by atoms with E-state index in [1.165, 1.54) is 56.1 Å². The monoisotopic (exact) mass is 344 g/mol. The summed E-state index contributed by atoms with van der Waals surface area (Å²) in [5, 5.41) is 10.3. The molecule has 2 nitrogen and oxygen atoms in total. The van der Waals surface area contributed by atoms with Gasteiger partial charge in [0.1, 0.15) is 5.75 Å². The van der Waals surface area contributed by atoms with E-state index < -0.39 is 0 Å². The topological polar surface area (TPSA) is 29.5 Å². The van der Waals surface area contributed by atoms with Crippen LogP contribution in [-0.4, -0.2) is 18.3 Å². The van der Waals surface area contributed by atoms with Crippen molar-refractivity contribution in [3.05, 3.63) is 29.3 Å². The minimum Gasteiger partial charge on any atom is -0.496 e. The Labute approximate surface area is 154 Å². The number of ether oxygens (including phenoxy) is 1. The van der Waals surface area contributed by atoms with Gasteiger partial charge in [-0.05, 0) is 79.4 Å². The first-order valence-corrected chi connectivity index (χ1v) is 10.5. The number of benzene rings is 1. The molecule has 1 aromatic rings. The number of aliphatic hydroxyl groups is 1. The Balaban J connectivity index is 1.61. The predicted octanol–water partition coefficient (Wildman–Crippen LogP) is 5.40. The van der Waals surface area contributed by atoms with Crippen molar-refractivity contribution >= 4 is 0 Å². The first kappa shape index (κ1) is 18.8. The van der Waals surface area contributed by atoms with E-state index in [-0.39, 0.29) is 6.10 Å². The van der Waals surface area contributed by atoms with Gasteiger partial charge in [-0.3, -0.25) is 0 Å². The summed E-state index contributed by atoms with van der Waals surface area (Å²) in [6.45, 7) is 4.66. The van der Waals surface area contributed by atoms with Crippen molar-refractivity contribution in [2.24, 2.45) is 23.7 Å². The van der Waals surface area contributed by atoms with Crippen molar-refractivity contribution in [1.82, 2.24) is 0 Å². The molecule has 0 saturated heterocycles. The fraction of sp³-hybridized carbons (Fsp3) is 0.739. The van der Waals surface area contributed by atoms with Gasteiger partial charge in [0.05, 0.1) is 13.2 Å². The fourth-order valence-corrected chi connectivity index (χ4v) is 5.55. The summed E-state index contributed by atoms with van der Waals surface area (Å²) in [5.41, 5.74) is 2.96. The molecule has 5 atom stereocenters. The number of hydrogen-bond acceptors (Lipinski definition) is 2. The quantitative estimate of drug-likeness (QED) is 0.639. The van der Waals surface area contributed by atoms with Gasteiger partial charge < -0.3 is 9.84 Å². The minimum absolute atomic E-state index is 0.0891. The van der Waals surface area contributed by atoms with Gasteiger partial charge in [-0.2, -0.15) is 0 Å². The van der Waals surface area contributed by atoms with Gasteiger partial charge in [-0.15, -0.1) is 0 Å². The third-order valence-corrected chi connectivity index (χ3v) is 6.91. The number of rotatable bonds is 8. The summed E-state index contributed by atoms with van der Waals surface area (Å²) in [6, 6.07) is 6.55. The Morgan fingerprint density at radius 2 is 2.04 bits per heavy atom. The fourth-order valence-electron chi connectivity index (χ4n) is 5.55. The Morgan fingerprint density at radius 1 is 1.20 bits per heavy atom. The Kier molecular flexibility index (Phi) is 6.44. The molecule has 0 heterocycles. The molecule has 0 spiro atoms. The van der Waals surface area contributed by atoms with Crippen molar-refractivity contribution < 1.29 is 9.84 Å². The zero-order valence-electron chi connectivity index (χ0n) is 16.3. The number of hydrogen-bond donors (Lipinski definition) is 1. The average Bonchev–Trinajstić information content (AvgIpc) is 2.92. The zero-order chi connectivity index (χ0) is 17.8. The van der Waals surface area contributed by atoms with Crippen molar-refractivity contribution in [2.75, 3.05) is 7.11 Å². The number of methoxy groups -OCH3 is 1. The molecule has 4 unspecified atom stereocenters. The van der Waals surface area contributed by atoms with E-state index >= 15 is 0 Å². The molecule has 2 aliphatic rings. The molecule has 1 saturated carbocycles. The second kappa shape index (κ2) is 8.58. The van der Waals surface area contributed by atoms with Crippen LogP contribution in [0, 0.1) is 23.7 Å². The maximum Gasteiger partial charge on any atom is 0.122 e. The molecule has 0 amide bonds. The van der Waals surface area contributed by atoms with Crippen molar-refractivity contribution in [3.8, 4) is 5.75 Å². The number of aliphatic hydroxyl groups excluding tert-OH is 1. The van der Waals surface area contributed by atoms with Crippen LogP contribution in [0.1, 0.15) is 69.9 Å². The van der Waals surface area contributed by atoms with Gasteiger partial charge in [-0.25, -0.2) is 0 Å². The second-order valence-electron chi connectivity index (χ2n) is 8.53. The summed E-state index contributed by atoms with van der Waals surface area (Å²) in [6.07, 6.45) is 10.5. The molecule has 140 valence electrons. The average molecular weight is 345 g/mol. The molecule has 1 N–H and O–H groups in total. The van der Waals surface area contributed by atoms with Gasteiger partial charge in [0.25, 0.3) is 0 Å². The summed E-state index contributed by atoms with van der Waals surface area (Å²) in [4.78, 5) is 0. The third kappa shape index (κ3) is 4.22. The summed E-state index contributed by atoms with van der Waals surface area (Å²) in [5.74, 6) is 4.26. The number of fused-ring (bicyclic) bond motifs is 2. The maximum atomic E-state index is 10.3. The lowest BCUT2D eigenvalue weighted by atomic mass is 9.73. The van der Waals surface area contributed by atoms with E-state index in [1.54, 1.807) is 7.11 Å². The molecule has 25 heavy (non-hydrogen) atoms. The first-order valence-electron chi connectivity index (χ1n) is 10.5. The van der Waals surface area contributed by atoms with Crippen molar-refractivity contribution in [1.29, 1.82) is 0 Å². The van der Waals surface area contributed by atoms with E-state index in [0.717, 1.165) is 42.3 Å². The molecular weight excluding hydrogens is 308 g/mol. The van der Waals surface area contributed by atoms with E-state index in [1.807, 2.05) is 0 Å². The van der Waals surface area contributed by atoms with Gasteiger partial charge in [0.15, 0.2) is 0 Å². The standard InChI is InChI=1S/C23H36O2/c1-4-5-6-9-19(24)11-12-20-16(2)13-18-15-22-17(14-21(18)20)8-7-10-23(22)25-3/h7-8,10,16,18-21,24H,4-6,9,11-15H2,1-3H3/t16?,18?,19-,20?,21?/m0/s1. The van der Waals surface area contributed by atoms with Gasteiger partial charge in [0, 0.05) is 0 Å². The van der Waals surface area contributed by atoms with Gasteiger partial charge >= 0.3 is 0 Å². The first-order chi connectivity index (χ1) is 12.1. The molecule has 0 bridgehead atoms.